The molecule has 2 aromatic heterocycles. The fourth-order valence-electron chi connectivity index (χ4n) is 7.01. The Morgan fingerprint density at radius 1 is 1.14 bits per heavy atom. The quantitative estimate of drug-likeness (QED) is 0.796. The molecule has 2 aromatic rings. The number of nitrogens with zero attached hydrogens (tertiary/aromatic N) is 4. The van der Waals surface area contributed by atoms with Gasteiger partial charge in [-0.1, -0.05) is 6.42 Å². The van der Waals surface area contributed by atoms with Crippen molar-refractivity contribution in [1.82, 2.24) is 19.7 Å². The largest absolute Gasteiger partial charge is 0.301 e. The van der Waals surface area contributed by atoms with Crippen molar-refractivity contribution < 1.29 is 4.79 Å². The number of carbonyl (C=O) groups excluding carboxylic acids is 1. The van der Waals surface area contributed by atoms with E-state index in [1.165, 1.54) is 36.3 Å². The smallest absolute Gasteiger partial charge is 0.232 e. The van der Waals surface area contributed by atoms with Crippen LogP contribution in [0.1, 0.15) is 68.4 Å². The van der Waals surface area contributed by atoms with Crippen LogP contribution in [0.4, 0.5) is 5.13 Å². The van der Waals surface area contributed by atoms with Gasteiger partial charge < -0.3 is 5.32 Å². The van der Waals surface area contributed by atoms with Crippen molar-refractivity contribution in [1.29, 1.82) is 0 Å². The van der Waals surface area contributed by atoms with Crippen molar-refractivity contribution >= 4 is 22.4 Å². The molecule has 2 atom stereocenters. The van der Waals surface area contributed by atoms with Gasteiger partial charge in [0.05, 0.1) is 16.6 Å². The molecule has 7 rings (SSSR count). The molecule has 148 valence electrons. The third kappa shape index (κ3) is 2.58. The van der Waals surface area contributed by atoms with Gasteiger partial charge >= 0.3 is 0 Å². The minimum absolute atomic E-state index is 0.0159. The summed E-state index contributed by atoms with van der Waals surface area (Å²) in [6.45, 7) is 0. The second-order valence-corrected chi connectivity index (χ2v) is 10.8. The highest BCUT2D eigenvalue weighted by molar-refractivity contribution is 7.15. The van der Waals surface area contributed by atoms with Crippen LogP contribution in [0.15, 0.2) is 12.7 Å². The van der Waals surface area contributed by atoms with Gasteiger partial charge in [-0.05, 0) is 76.0 Å². The Kier molecular flexibility index (Phi) is 3.74. The second kappa shape index (κ2) is 6.12. The number of anilines is 1. The highest BCUT2D eigenvalue weighted by Crippen LogP contribution is 2.64. The predicted molar refractivity (Wildman–Crippen MR) is 107 cm³/mol. The van der Waals surface area contributed by atoms with Crippen LogP contribution in [0, 0.1) is 17.3 Å². The van der Waals surface area contributed by atoms with Gasteiger partial charge in [0.25, 0.3) is 0 Å². The summed E-state index contributed by atoms with van der Waals surface area (Å²) in [6.07, 6.45) is 15.9. The van der Waals surface area contributed by atoms with Gasteiger partial charge in [0.2, 0.25) is 5.91 Å². The Hall–Kier alpha value is -1.76. The lowest BCUT2D eigenvalue weighted by molar-refractivity contribution is -0.150. The zero-order chi connectivity index (χ0) is 18.8. The Morgan fingerprint density at radius 2 is 1.96 bits per heavy atom. The number of hydrogen-bond donors (Lipinski definition) is 1. The minimum atomic E-state index is -0.265. The number of aromatic nitrogens is 4. The Morgan fingerprint density at radius 3 is 2.75 bits per heavy atom. The van der Waals surface area contributed by atoms with Crippen molar-refractivity contribution in [2.75, 3.05) is 5.32 Å². The number of amides is 1. The van der Waals surface area contributed by atoms with E-state index in [9.17, 15) is 4.79 Å². The fraction of sp³-hybridized carbons (Fsp3) is 0.714. The fourth-order valence-corrected chi connectivity index (χ4v) is 8.06. The van der Waals surface area contributed by atoms with Gasteiger partial charge in [-0.25, -0.2) is 14.6 Å². The van der Waals surface area contributed by atoms with E-state index in [-0.39, 0.29) is 16.9 Å². The molecule has 4 fully saturated rings. The Labute approximate surface area is 169 Å². The van der Waals surface area contributed by atoms with Gasteiger partial charge in [0.15, 0.2) is 5.13 Å². The van der Waals surface area contributed by atoms with Gasteiger partial charge in [0, 0.05) is 4.88 Å². The molecule has 0 unspecified atom stereocenters. The van der Waals surface area contributed by atoms with E-state index < -0.39 is 0 Å². The summed E-state index contributed by atoms with van der Waals surface area (Å²) in [5.74, 6) is 1.46. The average Bonchev–Trinajstić information content (AvgIpc) is 3.27. The number of nitrogens with one attached hydrogen (secondary N) is 1. The summed E-state index contributed by atoms with van der Waals surface area (Å²) in [5.41, 5.74) is 0.944. The summed E-state index contributed by atoms with van der Waals surface area (Å²) >= 11 is 1.71. The van der Waals surface area contributed by atoms with E-state index in [1.807, 2.05) is 6.33 Å². The molecule has 7 heteroatoms. The maximum absolute atomic E-state index is 13.6. The number of fused-ring (bicyclic) bond motifs is 1. The van der Waals surface area contributed by atoms with E-state index in [4.69, 9.17) is 4.98 Å². The molecule has 4 saturated carbocycles. The first-order valence-electron chi connectivity index (χ1n) is 10.8. The summed E-state index contributed by atoms with van der Waals surface area (Å²) < 4.78 is 2.07. The van der Waals surface area contributed by atoms with Crippen molar-refractivity contribution in [2.24, 2.45) is 17.3 Å². The molecule has 6 nitrogen and oxygen atoms in total. The van der Waals surface area contributed by atoms with E-state index >= 15 is 0 Å². The first-order chi connectivity index (χ1) is 13.6. The van der Waals surface area contributed by atoms with Crippen LogP contribution < -0.4 is 5.32 Å². The first-order valence-corrected chi connectivity index (χ1v) is 11.6. The molecule has 0 spiro atoms. The highest BCUT2D eigenvalue weighted by atomic mass is 32.1. The molecular weight excluding hydrogens is 370 g/mol. The first kappa shape index (κ1) is 17.1. The molecular formula is C21H27N5OS. The van der Waals surface area contributed by atoms with Crippen LogP contribution in [0.5, 0.6) is 0 Å². The number of aryl methyl sites for hydroxylation is 2. The number of rotatable bonds is 3. The molecule has 4 bridgehead atoms. The minimum Gasteiger partial charge on any atom is -0.301 e. The van der Waals surface area contributed by atoms with Crippen LogP contribution in [0.25, 0.3) is 0 Å². The molecule has 28 heavy (non-hydrogen) atoms. The molecule has 2 heterocycles. The van der Waals surface area contributed by atoms with Crippen LogP contribution in [-0.2, 0) is 23.2 Å². The Bertz CT molecular complexity index is 867. The standard InChI is InChI=1S/C21H27N5OS/c27-18(25-19-24-16-4-2-1-3-5-17(16)28-19)20-7-14-6-15(8-20)10-21(9-14,11-20)26-13-22-12-23-26/h12-15H,1-11H2,(H,24,25,27)/t14-,15-,20?,21?/m0/s1. The lowest BCUT2D eigenvalue weighted by Crippen LogP contribution is -2.60. The molecule has 0 saturated heterocycles. The van der Waals surface area contributed by atoms with Crippen molar-refractivity contribution in [3.63, 3.8) is 0 Å². The highest BCUT2D eigenvalue weighted by Gasteiger charge is 2.61. The Balaban J connectivity index is 1.28. The second-order valence-electron chi connectivity index (χ2n) is 9.71. The van der Waals surface area contributed by atoms with Crippen LogP contribution >= 0.6 is 11.3 Å². The van der Waals surface area contributed by atoms with Gasteiger partial charge in [0.1, 0.15) is 12.7 Å². The predicted octanol–water partition coefficient (Wildman–Crippen LogP) is 3.94. The van der Waals surface area contributed by atoms with Crippen LogP contribution in [0.2, 0.25) is 0 Å². The summed E-state index contributed by atoms with van der Waals surface area (Å²) in [6, 6.07) is 0. The van der Waals surface area contributed by atoms with Gasteiger partial charge in [-0.2, -0.15) is 5.10 Å². The normalized spacial score (nSPS) is 36.1. The van der Waals surface area contributed by atoms with Crippen molar-refractivity contribution in [3.8, 4) is 0 Å². The number of thiazole rings is 1. The lowest BCUT2D eigenvalue weighted by Gasteiger charge is -2.60. The van der Waals surface area contributed by atoms with E-state index in [1.54, 1.807) is 17.7 Å². The van der Waals surface area contributed by atoms with E-state index in [0.717, 1.165) is 50.1 Å². The van der Waals surface area contributed by atoms with Crippen molar-refractivity contribution in [2.45, 2.75) is 76.2 Å². The topological polar surface area (TPSA) is 72.7 Å². The number of carbonyl (C=O) groups is 1. The van der Waals surface area contributed by atoms with Gasteiger partial charge in [-0.15, -0.1) is 11.3 Å². The van der Waals surface area contributed by atoms with E-state index in [2.05, 4.69) is 20.1 Å². The monoisotopic (exact) mass is 397 g/mol. The molecule has 0 aromatic carbocycles. The van der Waals surface area contributed by atoms with Crippen molar-refractivity contribution in [3.05, 3.63) is 23.2 Å². The third-order valence-corrected chi connectivity index (χ3v) is 8.81. The molecule has 5 aliphatic rings. The zero-order valence-corrected chi connectivity index (χ0v) is 17.0. The van der Waals surface area contributed by atoms with E-state index in [0.29, 0.717) is 11.8 Å². The average molecular weight is 398 g/mol. The SMILES string of the molecule is O=C(Nc1nc2c(s1)CCCCC2)C12C[C@@H]3C[C@@H](C1)CC(n1cncn1)(C3)C2. The summed E-state index contributed by atoms with van der Waals surface area (Å²) in [7, 11) is 0. The molecule has 5 aliphatic carbocycles. The summed E-state index contributed by atoms with van der Waals surface area (Å²) in [4.78, 5) is 24.0. The maximum atomic E-state index is 13.6. The molecule has 1 N–H and O–H groups in total. The number of hydrogen-bond acceptors (Lipinski definition) is 5. The summed E-state index contributed by atoms with van der Waals surface area (Å²) in [5, 5.41) is 8.58. The lowest BCUT2D eigenvalue weighted by atomic mass is 9.46. The third-order valence-electron chi connectivity index (χ3n) is 7.73. The van der Waals surface area contributed by atoms with Crippen LogP contribution in [-0.4, -0.2) is 25.7 Å². The molecule has 0 aliphatic heterocycles. The zero-order valence-electron chi connectivity index (χ0n) is 16.2. The molecule has 1 amide bonds. The van der Waals surface area contributed by atoms with Crippen LogP contribution in [0.3, 0.4) is 0 Å². The maximum Gasteiger partial charge on any atom is 0.232 e. The van der Waals surface area contributed by atoms with Gasteiger partial charge in [-0.3, -0.25) is 4.79 Å². The molecule has 0 radical (unpaired) electrons.